The molecule has 0 atom stereocenters. The first kappa shape index (κ1) is 33.5. The molecule has 23 heteroatoms. The van der Waals surface area contributed by atoms with Gasteiger partial charge in [0.1, 0.15) is 5.75 Å². The summed E-state index contributed by atoms with van der Waals surface area (Å²) in [5.41, 5.74) is 0. The van der Waals surface area contributed by atoms with Crippen LogP contribution in [0, 0.1) is 0 Å². The van der Waals surface area contributed by atoms with Crippen molar-refractivity contribution in [2.75, 3.05) is 6.61 Å². The molecule has 0 saturated carbocycles. The zero-order valence-electron chi connectivity index (χ0n) is 17.0. The number of carbonyl (C=O) groups is 1. The quantitative estimate of drug-likeness (QED) is 0.317. The molecule has 0 unspecified atom stereocenters. The maximum atomic E-state index is 13.6. The van der Waals surface area contributed by atoms with Crippen LogP contribution in [0.3, 0.4) is 0 Å². The maximum Gasteiger partial charge on any atom is 0.460 e. The standard InChI is InChI=1S/C15H7ClF15NO5S/c16-6-1-3-7(4-2-6)37-38(34,35)32-8(33)36-5-9(17,18)10(19,20)11(21,22)12(23,24)13(25,26)14(27,28)15(29,30)31/h1-4H,5H2,(H,32,33). The predicted octanol–water partition coefficient (Wildman–Crippen LogP) is 6.06. The lowest BCUT2D eigenvalue weighted by Gasteiger charge is -2.41. The Bertz CT molecular complexity index is 1120. The van der Waals surface area contributed by atoms with Crippen LogP contribution in [0.25, 0.3) is 0 Å². The van der Waals surface area contributed by atoms with Crippen molar-refractivity contribution in [1.82, 2.24) is 4.72 Å². The lowest BCUT2D eigenvalue weighted by Crippen LogP contribution is -2.73. The Morgan fingerprint density at radius 3 is 1.53 bits per heavy atom. The normalized spacial score (nSPS) is 14.7. The summed E-state index contributed by atoms with van der Waals surface area (Å²) in [4.78, 5) is 11.3. The van der Waals surface area contributed by atoms with E-state index < -0.39 is 70.5 Å². The summed E-state index contributed by atoms with van der Waals surface area (Å²) in [6, 6.07) is 3.69. The summed E-state index contributed by atoms with van der Waals surface area (Å²) in [5, 5.41) is 0.0209. The molecule has 1 aromatic rings. The average molecular weight is 634 g/mol. The van der Waals surface area contributed by atoms with Gasteiger partial charge in [-0.25, -0.2) is 4.79 Å². The van der Waals surface area contributed by atoms with Gasteiger partial charge in [0, 0.05) is 5.02 Å². The number of halogens is 16. The van der Waals surface area contributed by atoms with Crippen LogP contribution in [-0.4, -0.2) is 62.8 Å². The number of carbonyl (C=O) groups excluding carboxylic acids is 1. The minimum absolute atomic E-state index is 0.0209. The van der Waals surface area contributed by atoms with Crippen LogP contribution in [-0.2, 0) is 15.0 Å². The van der Waals surface area contributed by atoms with E-state index in [1.54, 1.807) is 0 Å². The van der Waals surface area contributed by atoms with E-state index in [2.05, 4.69) is 8.92 Å². The SMILES string of the molecule is O=C(NS(=O)(=O)Oc1ccc(Cl)cc1)OCC(F)(F)C(F)(F)C(F)(F)C(F)(F)C(F)(F)C(F)(F)C(F)(F)F. The van der Waals surface area contributed by atoms with Crippen molar-refractivity contribution < 1.29 is 88.0 Å². The van der Waals surface area contributed by atoms with Crippen LogP contribution in [0.2, 0.25) is 5.02 Å². The van der Waals surface area contributed by atoms with Gasteiger partial charge in [-0.15, -0.1) is 0 Å². The van der Waals surface area contributed by atoms with E-state index in [1.807, 2.05) is 0 Å². The molecule has 0 aromatic heterocycles. The molecule has 1 N–H and O–H groups in total. The molecule has 0 heterocycles. The number of rotatable bonds is 10. The first-order chi connectivity index (χ1) is 16.6. The molecule has 6 nitrogen and oxygen atoms in total. The Labute approximate surface area is 204 Å². The lowest BCUT2D eigenvalue weighted by molar-refractivity contribution is -0.453. The molecule has 0 saturated heterocycles. The van der Waals surface area contributed by atoms with Crippen LogP contribution in [0.4, 0.5) is 70.7 Å². The second-order valence-corrected chi connectivity index (χ2v) is 8.46. The van der Waals surface area contributed by atoms with Gasteiger partial charge in [0.05, 0.1) is 0 Å². The number of alkyl halides is 15. The zero-order chi connectivity index (χ0) is 30.4. The van der Waals surface area contributed by atoms with E-state index in [1.165, 1.54) is 0 Å². The molecule has 0 aliphatic rings. The molecule has 220 valence electrons. The predicted molar refractivity (Wildman–Crippen MR) is 91.2 cm³/mol. The highest BCUT2D eigenvalue weighted by Crippen LogP contribution is 2.62. The van der Waals surface area contributed by atoms with Gasteiger partial charge in [-0.3, -0.25) is 0 Å². The second-order valence-electron chi connectivity index (χ2n) is 6.74. The Morgan fingerprint density at radius 2 is 1.11 bits per heavy atom. The van der Waals surface area contributed by atoms with Gasteiger partial charge in [-0.05, 0) is 24.3 Å². The molecular formula is C15H7ClF15NO5S. The molecule has 0 aliphatic carbocycles. The third-order valence-corrected chi connectivity index (χ3v) is 5.09. The van der Waals surface area contributed by atoms with E-state index in [9.17, 15) is 79.1 Å². The van der Waals surface area contributed by atoms with Crippen LogP contribution in [0.1, 0.15) is 0 Å². The molecular weight excluding hydrogens is 627 g/mol. The number of hydrogen-bond donors (Lipinski definition) is 1. The Morgan fingerprint density at radius 1 is 0.711 bits per heavy atom. The zero-order valence-corrected chi connectivity index (χ0v) is 18.6. The minimum atomic E-state index is -8.52. The largest absolute Gasteiger partial charge is 0.460 e. The molecule has 0 spiro atoms. The van der Waals surface area contributed by atoms with Crippen molar-refractivity contribution in [3.8, 4) is 5.75 Å². The summed E-state index contributed by atoms with van der Waals surface area (Å²) in [6.45, 7) is -3.53. The van der Waals surface area contributed by atoms with Crippen molar-refractivity contribution in [1.29, 1.82) is 0 Å². The van der Waals surface area contributed by atoms with Gasteiger partial charge in [-0.1, -0.05) is 11.6 Å². The number of benzene rings is 1. The van der Waals surface area contributed by atoms with Gasteiger partial charge in [0.15, 0.2) is 6.61 Å². The summed E-state index contributed by atoms with van der Waals surface area (Å²) in [5.74, 6) is -49.0. The molecule has 0 radical (unpaired) electrons. The smallest absolute Gasteiger partial charge is 0.442 e. The Hall–Kier alpha value is -2.52. The summed E-state index contributed by atoms with van der Waals surface area (Å²) < 4.78 is 227. The number of nitrogens with one attached hydrogen (secondary N) is 1. The molecule has 38 heavy (non-hydrogen) atoms. The highest BCUT2D eigenvalue weighted by Gasteiger charge is 2.93. The molecule has 1 amide bonds. The monoisotopic (exact) mass is 633 g/mol. The van der Waals surface area contributed by atoms with Crippen LogP contribution in [0.5, 0.6) is 5.75 Å². The van der Waals surface area contributed by atoms with Gasteiger partial charge in [-0.2, -0.15) is 79.0 Å². The van der Waals surface area contributed by atoms with E-state index in [0.717, 1.165) is 24.3 Å². The summed E-state index contributed by atoms with van der Waals surface area (Å²) >= 11 is 5.46. The highest BCUT2D eigenvalue weighted by atomic mass is 35.5. The van der Waals surface area contributed by atoms with Gasteiger partial charge in [0.2, 0.25) is 0 Å². The molecule has 0 bridgehead atoms. The molecule has 0 fully saturated rings. The Kier molecular flexibility index (Phi) is 8.73. The number of amides is 1. The van der Waals surface area contributed by atoms with Crippen LogP contribution in [0.15, 0.2) is 24.3 Å². The number of ether oxygens (including phenoxy) is 1. The number of hydrogen-bond acceptors (Lipinski definition) is 5. The fourth-order valence-corrected chi connectivity index (χ4v) is 2.81. The fourth-order valence-electron chi connectivity index (χ4n) is 2.02. The molecule has 0 aliphatic heterocycles. The van der Waals surface area contributed by atoms with Crippen molar-refractivity contribution >= 4 is 28.0 Å². The summed E-state index contributed by atoms with van der Waals surface area (Å²) in [6.07, 6.45) is -10.5. The highest BCUT2D eigenvalue weighted by molar-refractivity contribution is 7.85. The summed E-state index contributed by atoms with van der Waals surface area (Å²) in [7, 11) is -5.41. The van der Waals surface area contributed by atoms with E-state index >= 15 is 0 Å². The first-order valence-corrected chi connectivity index (χ1v) is 10.3. The minimum Gasteiger partial charge on any atom is -0.442 e. The third kappa shape index (κ3) is 5.88. The van der Waals surface area contributed by atoms with E-state index in [0.29, 0.717) is 4.72 Å². The first-order valence-electron chi connectivity index (χ1n) is 8.55. The van der Waals surface area contributed by atoms with E-state index in [4.69, 9.17) is 11.6 Å². The van der Waals surface area contributed by atoms with Gasteiger partial charge < -0.3 is 8.92 Å². The van der Waals surface area contributed by atoms with Crippen molar-refractivity contribution in [3.05, 3.63) is 29.3 Å². The molecule has 1 rings (SSSR count). The second kappa shape index (κ2) is 9.90. The van der Waals surface area contributed by atoms with Crippen molar-refractivity contribution in [2.45, 2.75) is 41.7 Å². The van der Waals surface area contributed by atoms with Crippen molar-refractivity contribution in [2.24, 2.45) is 0 Å². The van der Waals surface area contributed by atoms with E-state index in [-0.39, 0.29) is 5.02 Å². The van der Waals surface area contributed by atoms with Gasteiger partial charge >= 0.3 is 58.1 Å². The van der Waals surface area contributed by atoms with Crippen LogP contribution < -0.4 is 8.91 Å². The average Bonchev–Trinajstić information content (AvgIpc) is 2.72. The Balaban J connectivity index is 3.14. The molecule has 1 aromatic carbocycles. The van der Waals surface area contributed by atoms with Crippen molar-refractivity contribution in [3.63, 3.8) is 0 Å². The lowest BCUT2D eigenvalue weighted by atomic mass is 9.91. The fraction of sp³-hybridized carbons (Fsp3) is 0.533. The topological polar surface area (TPSA) is 81.7 Å². The van der Waals surface area contributed by atoms with Gasteiger partial charge in [0.25, 0.3) is 0 Å². The third-order valence-electron chi connectivity index (χ3n) is 4.01. The maximum absolute atomic E-state index is 13.6. The van der Waals surface area contributed by atoms with Crippen LogP contribution >= 0.6 is 11.6 Å².